The molecule has 1 aliphatic rings. The minimum Gasteiger partial charge on any atom is -0.438 e. The number of aliphatic hydroxyl groups is 1. The van der Waals surface area contributed by atoms with Gasteiger partial charge in [0.2, 0.25) is 5.88 Å². The van der Waals surface area contributed by atoms with Crippen LogP contribution in [0.5, 0.6) is 11.6 Å². The molecular formula is C26H32FN3O2. The van der Waals surface area contributed by atoms with Crippen LogP contribution in [0.2, 0.25) is 0 Å². The predicted molar refractivity (Wildman–Crippen MR) is 124 cm³/mol. The van der Waals surface area contributed by atoms with E-state index >= 15 is 0 Å². The number of para-hydroxylation sites is 1. The van der Waals surface area contributed by atoms with Gasteiger partial charge in [0.1, 0.15) is 11.6 Å². The molecule has 1 N–H and O–H groups in total. The van der Waals surface area contributed by atoms with Crippen LogP contribution in [0.1, 0.15) is 43.9 Å². The smallest absolute Gasteiger partial charge is 0.227 e. The Morgan fingerprint density at radius 3 is 2.66 bits per heavy atom. The molecular weight excluding hydrogens is 405 g/mol. The molecule has 0 bridgehead atoms. The first-order valence-electron chi connectivity index (χ1n) is 11.5. The summed E-state index contributed by atoms with van der Waals surface area (Å²) in [5.74, 6) is 1.37. The van der Waals surface area contributed by atoms with E-state index in [1.165, 1.54) is 25.0 Å². The summed E-state index contributed by atoms with van der Waals surface area (Å²) in [6.45, 7) is 6.27. The molecule has 3 aromatic rings. The standard InChI is InChI=1S/C26H32FN3O2/c1-3-8-23(31)17-29(16-20-13-14-20)18-25-19(2)28-30(22-10-5-4-6-11-22)26(25)32-24-12-7-9-21(27)15-24/h4-7,9-12,15,20,23,31H,3,8,13-14,16-18H2,1-2H3/t23-/m0/s1. The van der Waals surface area contributed by atoms with Crippen molar-refractivity contribution in [1.82, 2.24) is 14.7 Å². The highest BCUT2D eigenvalue weighted by molar-refractivity contribution is 5.43. The van der Waals surface area contributed by atoms with Gasteiger partial charge in [-0.1, -0.05) is 37.6 Å². The Bertz CT molecular complexity index is 1020. The Kier molecular flexibility index (Phi) is 7.22. The van der Waals surface area contributed by atoms with E-state index in [1.807, 2.05) is 37.3 Å². The van der Waals surface area contributed by atoms with Gasteiger partial charge >= 0.3 is 0 Å². The van der Waals surface area contributed by atoms with Crippen molar-refractivity contribution in [2.45, 2.75) is 52.2 Å². The summed E-state index contributed by atoms with van der Waals surface area (Å²) >= 11 is 0. The van der Waals surface area contributed by atoms with Crippen molar-refractivity contribution in [2.75, 3.05) is 13.1 Å². The van der Waals surface area contributed by atoms with E-state index in [0.717, 1.165) is 36.3 Å². The lowest BCUT2D eigenvalue weighted by molar-refractivity contribution is 0.0977. The van der Waals surface area contributed by atoms with Crippen LogP contribution in [0.3, 0.4) is 0 Å². The van der Waals surface area contributed by atoms with Gasteiger partial charge in [-0.25, -0.2) is 9.07 Å². The molecule has 0 saturated heterocycles. The molecule has 0 unspecified atom stereocenters. The van der Waals surface area contributed by atoms with E-state index in [9.17, 15) is 9.50 Å². The molecule has 1 saturated carbocycles. The number of nitrogens with zero attached hydrogens (tertiary/aromatic N) is 3. The molecule has 0 amide bonds. The number of ether oxygens (including phenoxy) is 1. The number of aryl methyl sites for hydroxylation is 1. The van der Waals surface area contributed by atoms with Crippen LogP contribution in [0.4, 0.5) is 4.39 Å². The fraction of sp³-hybridized carbons (Fsp3) is 0.423. The zero-order chi connectivity index (χ0) is 22.5. The topological polar surface area (TPSA) is 50.5 Å². The van der Waals surface area contributed by atoms with E-state index in [4.69, 9.17) is 9.84 Å². The van der Waals surface area contributed by atoms with Gasteiger partial charge in [-0.05, 0) is 56.4 Å². The van der Waals surface area contributed by atoms with E-state index in [-0.39, 0.29) is 11.9 Å². The number of aliphatic hydroxyl groups excluding tert-OH is 1. The van der Waals surface area contributed by atoms with Crippen LogP contribution in [-0.4, -0.2) is 39.0 Å². The Labute approximate surface area is 189 Å². The van der Waals surface area contributed by atoms with Crippen molar-refractivity contribution in [3.05, 3.63) is 71.7 Å². The molecule has 4 rings (SSSR count). The van der Waals surface area contributed by atoms with Crippen molar-refractivity contribution in [2.24, 2.45) is 5.92 Å². The molecule has 170 valence electrons. The predicted octanol–water partition coefficient (Wildman–Crippen LogP) is 5.49. The molecule has 1 fully saturated rings. The maximum absolute atomic E-state index is 13.8. The second-order valence-electron chi connectivity index (χ2n) is 8.76. The van der Waals surface area contributed by atoms with Crippen LogP contribution in [0, 0.1) is 18.7 Å². The molecule has 2 aromatic carbocycles. The van der Waals surface area contributed by atoms with Crippen LogP contribution in [0.15, 0.2) is 54.6 Å². The summed E-state index contributed by atoms with van der Waals surface area (Å²) in [5.41, 5.74) is 2.71. The molecule has 1 aromatic heterocycles. The maximum Gasteiger partial charge on any atom is 0.227 e. The maximum atomic E-state index is 13.8. The molecule has 0 radical (unpaired) electrons. The van der Waals surface area contributed by atoms with Gasteiger partial charge in [-0.15, -0.1) is 0 Å². The summed E-state index contributed by atoms with van der Waals surface area (Å²) in [6, 6.07) is 16.0. The van der Waals surface area contributed by atoms with Crippen molar-refractivity contribution in [1.29, 1.82) is 0 Å². The Hall–Kier alpha value is -2.70. The van der Waals surface area contributed by atoms with E-state index in [2.05, 4.69) is 11.8 Å². The minimum absolute atomic E-state index is 0.343. The van der Waals surface area contributed by atoms with Crippen molar-refractivity contribution in [3.63, 3.8) is 0 Å². The first kappa shape index (κ1) is 22.5. The lowest BCUT2D eigenvalue weighted by atomic mass is 10.1. The Morgan fingerprint density at radius 1 is 1.19 bits per heavy atom. The third kappa shape index (κ3) is 5.75. The molecule has 5 nitrogen and oxygen atoms in total. The lowest BCUT2D eigenvalue weighted by Crippen LogP contribution is -2.33. The number of hydrogen-bond acceptors (Lipinski definition) is 4. The summed E-state index contributed by atoms with van der Waals surface area (Å²) in [6.07, 6.45) is 3.88. The highest BCUT2D eigenvalue weighted by Crippen LogP contribution is 2.34. The third-order valence-electron chi connectivity index (χ3n) is 5.83. The number of benzene rings is 2. The van der Waals surface area contributed by atoms with Gasteiger partial charge in [0.15, 0.2) is 0 Å². The van der Waals surface area contributed by atoms with E-state index < -0.39 is 0 Å². The summed E-state index contributed by atoms with van der Waals surface area (Å²) in [4.78, 5) is 2.32. The monoisotopic (exact) mass is 437 g/mol. The Balaban J connectivity index is 1.68. The van der Waals surface area contributed by atoms with E-state index in [0.29, 0.717) is 30.6 Å². The summed E-state index contributed by atoms with van der Waals surface area (Å²) in [5, 5.41) is 15.3. The van der Waals surface area contributed by atoms with Crippen LogP contribution >= 0.6 is 0 Å². The quantitative estimate of drug-likeness (QED) is 0.431. The van der Waals surface area contributed by atoms with Gasteiger partial charge in [-0.2, -0.15) is 5.10 Å². The van der Waals surface area contributed by atoms with Crippen LogP contribution < -0.4 is 4.74 Å². The summed E-state index contributed by atoms with van der Waals surface area (Å²) in [7, 11) is 0. The second kappa shape index (κ2) is 10.3. The van der Waals surface area contributed by atoms with Crippen LogP contribution in [0.25, 0.3) is 5.69 Å². The molecule has 32 heavy (non-hydrogen) atoms. The number of aromatic nitrogens is 2. The first-order valence-corrected chi connectivity index (χ1v) is 11.5. The van der Waals surface area contributed by atoms with Crippen molar-refractivity contribution < 1.29 is 14.2 Å². The van der Waals surface area contributed by atoms with Gasteiger partial charge in [0.25, 0.3) is 0 Å². The molecule has 1 heterocycles. The minimum atomic E-state index is -0.351. The third-order valence-corrected chi connectivity index (χ3v) is 5.83. The number of halogens is 1. The highest BCUT2D eigenvalue weighted by atomic mass is 19.1. The molecule has 1 aliphatic carbocycles. The largest absolute Gasteiger partial charge is 0.438 e. The van der Waals surface area contributed by atoms with Crippen LogP contribution in [-0.2, 0) is 6.54 Å². The summed E-state index contributed by atoms with van der Waals surface area (Å²) < 4.78 is 21.9. The zero-order valence-corrected chi connectivity index (χ0v) is 18.9. The van der Waals surface area contributed by atoms with Gasteiger partial charge in [-0.3, -0.25) is 4.90 Å². The molecule has 0 spiro atoms. The van der Waals surface area contributed by atoms with Gasteiger partial charge in [0, 0.05) is 25.7 Å². The number of rotatable bonds is 11. The first-order chi connectivity index (χ1) is 15.5. The number of hydrogen-bond donors (Lipinski definition) is 1. The van der Waals surface area contributed by atoms with Gasteiger partial charge < -0.3 is 9.84 Å². The molecule has 0 aliphatic heterocycles. The van der Waals surface area contributed by atoms with Crippen molar-refractivity contribution in [3.8, 4) is 17.3 Å². The fourth-order valence-corrected chi connectivity index (χ4v) is 4.03. The second-order valence-corrected chi connectivity index (χ2v) is 8.76. The molecule has 1 atom stereocenters. The van der Waals surface area contributed by atoms with Crippen molar-refractivity contribution >= 4 is 0 Å². The van der Waals surface area contributed by atoms with Gasteiger partial charge in [0.05, 0.1) is 23.0 Å². The van der Waals surface area contributed by atoms with E-state index in [1.54, 1.807) is 16.8 Å². The Morgan fingerprint density at radius 2 is 1.97 bits per heavy atom. The average Bonchev–Trinajstić information content (AvgIpc) is 3.54. The fourth-order valence-electron chi connectivity index (χ4n) is 4.03. The normalized spacial score (nSPS) is 14.7. The lowest BCUT2D eigenvalue weighted by Gasteiger charge is -2.25. The zero-order valence-electron chi connectivity index (χ0n) is 18.9. The highest BCUT2D eigenvalue weighted by Gasteiger charge is 2.28. The average molecular weight is 438 g/mol. The molecule has 6 heteroatoms. The SMILES string of the molecule is CCC[C@H](O)CN(Cc1c(C)nn(-c2ccccc2)c1Oc1cccc(F)c1)CC1CC1.